The monoisotopic (exact) mass is 348 g/mol. The first-order chi connectivity index (χ1) is 12.7. The highest BCUT2D eigenvalue weighted by Gasteiger charge is 2.15. The molecule has 4 rings (SSSR count). The van der Waals surface area contributed by atoms with E-state index in [9.17, 15) is 9.18 Å². The van der Waals surface area contributed by atoms with Crippen molar-refractivity contribution in [2.75, 3.05) is 0 Å². The Labute approximate surface area is 149 Å². The van der Waals surface area contributed by atoms with Crippen LogP contribution < -0.4 is 5.32 Å². The van der Waals surface area contributed by atoms with Gasteiger partial charge in [-0.3, -0.25) is 4.79 Å². The van der Waals surface area contributed by atoms with E-state index in [0.29, 0.717) is 11.4 Å². The largest absolute Gasteiger partial charge is 0.346 e. The zero-order chi connectivity index (χ0) is 17.9. The van der Waals surface area contributed by atoms with E-state index in [0.717, 1.165) is 23.9 Å². The van der Waals surface area contributed by atoms with E-state index >= 15 is 0 Å². The van der Waals surface area contributed by atoms with Crippen LogP contribution in [-0.4, -0.2) is 22.1 Å². The number of nitrogens with zero attached hydrogens (tertiary/aromatic N) is 2. The summed E-state index contributed by atoms with van der Waals surface area (Å²) in [5.41, 5.74) is 2.49. The third kappa shape index (κ3) is 3.39. The Kier molecular flexibility index (Phi) is 4.31. The maximum Gasteiger partial charge on any atom is 0.256 e. The molecule has 1 atom stereocenters. The van der Waals surface area contributed by atoms with Gasteiger partial charge in [-0.05, 0) is 60.9 Å². The van der Waals surface area contributed by atoms with Crippen molar-refractivity contribution < 1.29 is 9.18 Å². The maximum atomic E-state index is 12.9. The number of hydrogen-bond acceptors (Lipinski definition) is 3. The summed E-state index contributed by atoms with van der Waals surface area (Å²) < 4.78 is 12.9. The Hall–Kier alpha value is -3.28. The molecule has 0 saturated carbocycles. The normalized spacial score (nSPS) is 16.5. The molecule has 3 aromatic rings. The first-order valence-electron chi connectivity index (χ1n) is 8.41. The van der Waals surface area contributed by atoms with Crippen LogP contribution in [0.25, 0.3) is 11.0 Å². The van der Waals surface area contributed by atoms with Crippen molar-refractivity contribution in [2.24, 2.45) is 10.9 Å². The molecule has 5 nitrogen and oxygen atoms in total. The number of pyridine rings is 1. The van der Waals surface area contributed by atoms with Crippen LogP contribution in [0.5, 0.6) is 0 Å². The quantitative estimate of drug-likeness (QED) is 0.756. The standard InChI is InChI=1S/C20H17FN4O/c21-16-6-4-14(5-7-16)20(26)25-18-8-3-13(11-23-18)10-15-12-24-19-17(15)2-1-9-22-19/h1-2,4-9,11-13H,3,10H2,(H,22,24)(H,25,26). The van der Waals surface area contributed by atoms with Crippen molar-refractivity contribution in [1.29, 1.82) is 0 Å². The molecule has 0 saturated heterocycles. The number of halogens is 1. The number of nitrogens with one attached hydrogen (secondary N) is 2. The number of carbonyl (C=O) groups excluding carboxylic acids is 1. The van der Waals surface area contributed by atoms with E-state index in [1.807, 2.05) is 24.6 Å². The summed E-state index contributed by atoms with van der Waals surface area (Å²) in [5, 5.41) is 3.87. The van der Waals surface area contributed by atoms with E-state index < -0.39 is 0 Å². The van der Waals surface area contributed by atoms with Gasteiger partial charge in [-0.1, -0.05) is 0 Å². The van der Waals surface area contributed by atoms with Gasteiger partial charge in [0, 0.05) is 35.5 Å². The fourth-order valence-corrected chi connectivity index (χ4v) is 3.04. The predicted octanol–water partition coefficient (Wildman–Crippen LogP) is 3.61. The second-order valence-electron chi connectivity index (χ2n) is 6.24. The number of hydrogen-bond donors (Lipinski definition) is 2. The Bertz CT molecular complexity index is 1000. The van der Waals surface area contributed by atoms with E-state index in [1.165, 1.54) is 29.8 Å². The molecule has 6 heteroatoms. The molecule has 2 N–H and O–H groups in total. The van der Waals surface area contributed by atoms with Crippen LogP contribution in [0.1, 0.15) is 22.3 Å². The summed E-state index contributed by atoms with van der Waals surface area (Å²) in [6.07, 6.45) is 9.18. The molecule has 0 radical (unpaired) electrons. The van der Waals surface area contributed by atoms with Crippen LogP contribution in [0.15, 0.2) is 65.7 Å². The number of amides is 1. The summed E-state index contributed by atoms with van der Waals surface area (Å²) in [7, 11) is 0. The molecular weight excluding hydrogens is 331 g/mol. The van der Waals surface area contributed by atoms with Gasteiger partial charge in [0.1, 0.15) is 17.3 Å². The van der Waals surface area contributed by atoms with Gasteiger partial charge < -0.3 is 10.3 Å². The summed E-state index contributed by atoms with van der Waals surface area (Å²) in [6.45, 7) is 0. The molecular formula is C20H17FN4O. The highest BCUT2D eigenvalue weighted by molar-refractivity contribution is 5.95. The molecule has 1 aromatic carbocycles. The van der Waals surface area contributed by atoms with Gasteiger partial charge in [-0.15, -0.1) is 0 Å². The Balaban J connectivity index is 1.38. The van der Waals surface area contributed by atoms with Gasteiger partial charge in [0.25, 0.3) is 5.91 Å². The predicted molar refractivity (Wildman–Crippen MR) is 98.3 cm³/mol. The minimum absolute atomic E-state index is 0.265. The third-order valence-corrected chi connectivity index (χ3v) is 4.41. The molecule has 0 fully saturated rings. The average Bonchev–Trinajstić information content (AvgIpc) is 3.07. The molecule has 1 unspecified atom stereocenters. The minimum Gasteiger partial charge on any atom is -0.346 e. The van der Waals surface area contributed by atoms with Crippen molar-refractivity contribution in [1.82, 2.24) is 15.3 Å². The van der Waals surface area contributed by atoms with Crippen molar-refractivity contribution in [3.8, 4) is 0 Å². The molecule has 1 amide bonds. The van der Waals surface area contributed by atoms with E-state index in [-0.39, 0.29) is 17.6 Å². The first-order valence-corrected chi connectivity index (χ1v) is 8.41. The van der Waals surface area contributed by atoms with E-state index in [1.54, 1.807) is 6.20 Å². The van der Waals surface area contributed by atoms with Crippen LogP contribution in [0.4, 0.5) is 4.39 Å². The summed E-state index contributed by atoms with van der Waals surface area (Å²) in [5.74, 6) is 0.123. The van der Waals surface area contributed by atoms with Crippen LogP contribution in [0, 0.1) is 11.7 Å². The number of H-pyrrole nitrogens is 1. The second kappa shape index (κ2) is 6.92. The van der Waals surface area contributed by atoms with Gasteiger partial charge in [-0.25, -0.2) is 14.4 Å². The van der Waals surface area contributed by atoms with Crippen molar-refractivity contribution in [2.45, 2.75) is 12.8 Å². The number of benzene rings is 1. The minimum atomic E-state index is -0.369. The number of aromatic amines is 1. The van der Waals surface area contributed by atoms with Gasteiger partial charge in [0.05, 0.1) is 0 Å². The molecule has 0 spiro atoms. The maximum absolute atomic E-state index is 12.9. The molecule has 2 aromatic heterocycles. The van der Waals surface area contributed by atoms with Crippen LogP contribution >= 0.6 is 0 Å². The average molecular weight is 348 g/mol. The molecule has 3 heterocycles. The SMILES string of the molecule is O=C(NC1=CCC(Cc2c[nH]c3ncccc23)C=N1)c1ccc(F)cc1. The summed E-state index contributed by atoms with van der Waals surface area (Å²) in [6, 6.07) is 9.41. The zero-order valence-corrected chi connectivity index (χ0v) is 13.9. The number of allylic oxidation sites excluding steroid dienone is 1. The fourth-order valence-electron chi connectivity index (χ4n) is 3.04. The number of rotatable bonds is 4. The lowest BCUT2D eigenvalue weighted by molar-refractivity contribution is 0.0965. The molecule has 1 aliphatic rings. The van der Waals surface area contributed by atoms with Gasteiger partial charge >= 0.3 is 0 Å². The Morgan fingerprint density at radius 3 is 2.88 bits per heavy atom. The van der Waals surface area contributed by atoms with Gasteiger partial charge in [-0.2, -0.15) is 0 Å². The highest BCUT2D eigenvalue weighted by atomic mass is 19.1. The lowest BCUT2D eigenvalue weighted by Crippen LogP contribution is -2.24. The van der Waals surface area contributed by atoms with Crippen molar-refractivity contribution in [3.63, 3.8) is 0 Å². The highest BCUT2D eigenvalue weighted by Crippen LogP contribution is 2.22. The van der Waals surface area contributed by atoms with Crippen molar-refractivity contribution >= 4 is 23.2 Å². The summed E-state index contributed by atoms with van der Waals surface area (Å²) >= 11 is 0. The smallest absolute Gasteiger partial charge is 0.256 e. The number of carbonyl (C=O) groups is 1. The zero-order valence-electron chi connectivity index (χ0n) is 13.9. The van der Waals surface area contributed by atoms with E-state index in [4.69, 9.17) is 0 Å². The van der Waals surface area contributed by atoms with Gasteiger partial charge in [0.2, 0.25) is 0 Å². The molecule has 130 valence electrons. The fraction of sp³-hybridized carbons (Fsp3) is 0.150. The lowest BCUT2D eigenvalue weighted by Gasteiger charge is -2.15. The molecule has 1 aliphatic heterocycles. The number of aliphatic imine (C=N–C) groups is 1. The Morgan fingerprint density at radius 1 is 1.27 bits per heavy atom. The lowest BCUT2D eigenvalue weighted by atomic mass is 9.96. The first kappa shape index (κ1) is 16.2. The molecule has 26 heavy (non-hydrogen) atoms. The number of aromatic nitrogens is 2. The van der Waals surface area contributed by atoms with Crippen LogP contribution in [0.2, 0.25) is 0 Å². The molecule has 0 aliphatic carbocycles. The van der Waals surface area contributed by atoms with Crippen LogP contribution in [0.3, 0.4) is 0 Å². The number of fused-ring (bicyclic) bond motifs is 1. The Morgan fingerprint density at radius 2 is 2.12 bits per heavy atom. The molecule has 0 bridgehead atoms. The van der Waals surface area contributed by atoms with Crippen LogP contribution in [-0.2, 0) is 6.42 Å². The van der Waals surface area contributed by atoms with Gasteiger partial charge in [0.15, 0.2) is 0 Å². The third-order valence-electron chi connectivity index (χ3n) is 4.41. The second-order valence-corrected chi connectivity index (χ2v) is 6.24. The summed E-state index contributed by atoms with van der Waals surface area (Å²) in [4.78, 5) is 24.0. The topological polar surface area (TPSA) is 70.1 Å². The van der Waals surface area contributed by atoms with E-state index in [2.05, 4.69) is 26.3 Å². The van der Waals surface area contributed by atoms with Crippen molar-refractivity contribution in [3.05, 3.63) is 77.6 Å².